The summed E-state index contributed by atoms with van der Waals surface area (Å²) in [6, 6.07) is 20.9. The van der Waals surface area contributed by atoms with E-state index in [0.717, 1.165) is 26.1 Å². The van der Waals surface area contributed by atoms with Crippen LogP contribution in [-0.4, -0.2) is 46.9 Å². The Balaban J connectivity index is 1.54. The van der Waals surface area contributed by atoms with E-state index in [2.05, 4.69) is 53.4 Å². The predicted molar refractivity (Wildman–Crippen MR) is 119 cm³/mol. The fourth-order valence-corrected chi connectivity index (χ4v) is 4.09. The van der Waals surface area contributed by atoms with Crippen LogP contribution in [0.3, 0.4) is 0 Å². The minimum absolute atomic E-state index is 0.305. The number of hydrogen-bond donors (Lipinski definition) is 0. The molecule has 30 heavy (non-hydrogen) atoms. The molecule has 0 atom stereocenters. The van der Waals surface area contributed by atoms with Gasteiger partial charge in [-0.05, 0) is 45.2 Å². The largest absolute Gasteiger partial charge is 0.449 e. The molecular weight excluding hydrogens is 376 g/mol. The Kier molecular flexibility index (Phi) is 7.16. The Morgan fingerprint density at radius 1 is 0.967 bits per heavy atom. The molecule has 0 N–H and O–H groups in total. The first-order valence-electron chi connectivity index (χ1n) is 10.7. The zero-order chi connectivity index (χ0) is 21.6. The van der Waals surface area contributed by atoms with Gasteiger partial charge in [-0.1, -0.05) is 60.7 Å². The molecular formula is C25H34N2O3. The summed E-state index contributed by atoms with van der Waals surface area (Å²) < 4.78 is 11.4. The summed E-state index contributed by atoms with van der Waals surface area (Å²) in [6.07, 6.45) is 0.473. The molecule has 0 spiro atoms. The average Bonchev–Trinajstić information content (AvgIpc) is 2.94. The summed E-state index contributed by atoms with van der Waals surface area (Å²) in [5.41, 5.74) is 1.55. The normalized spacial score (nSPS) is 17.3. The van der Waals surface area contributed by atoms with Crippen molar-refractivity contribution < 1.29 is 14.3 Å². The van der Waals surface area contributed by atoms with E-state index in [1.54, 1.807) is 4.90 Å². The molecule has 1 fully saturated rings. The number of nitrogens with zero attached hydrogens (tertiary/aromatic N) is 2. The Bertz CT molecular complexity index is 748. The van der Waals surface area contributed by atoms with Crippen LogP contribution in [0.2, 0.25) is 0 Å². The van der Waals surface area contributed by atoms with Crippen molar-refractivity contribution in [2.75, 3.05) is 19.8 Å². The van der Waals surface area contributed by atoms with Gasteiger partial charge in [0, 0.05) is 19.6 Å². The highest BCUT2D eigenvalue weighted by molar-refractivity contribution is 5.69. The Labute approximate surface area is 180 Å². The van der Waals surface area contributed by atoms with Gasteiger partial charge in [-0.3, -0.25) is 9.80 Å². The van der Waals surface area contributed by atoms with Crippen molar-refractivity contribution in [3.63, 3.8) is 0 Å². The summed E-state index contributed by atoms with van der Waals surface area (Å²) in [4.78, 5) is 16.8. The van der Waals surface area contributed by atoms with E-state index in [1.165, 1.54) is 11.1 Å². The zero-order valence-electron chi connectivity index (χ0n) is 18.6. The molecule has 1 aliphatic heterocycles. The van der Waals surface area contributed by atoms with Crippen LogP contribution >= 0.6 is 0 Å². The number of ether oxygens (including phenoxy) is 2. The predicted octanol–water partition coefficient (Wildman–Crippen LogP) is 5.06. The fourth-order valence-electron chi connectivity index (χ4n) is 4.09. The first-order chi connectivity index (χ1) is 14.3. The third-order valence-electron chi connectivity index (χ3n) is 5.45. The van der Waals surface area contributed by atoms with Gasteiger partial charge in [0.15, 0.2) is 0 Å². The van der Waals surface area contributed by atoms with Gasteiger partial charge in [-0.15, -0.1) is 0 Å². The van der Waals surface area contributed by atoms with Crippen molar-refractivity contribution in [2.24, 2.45) is 0 Å². The van der Waals surface area contributed by atoms with Gasteiger partial charge in [-0.25, -0.2) is 4.79 Å². The van der Waals surface area contributed by atoms with E-state index in [-0.39, 0.29) is 11.6 Å². The van der Waals surface area contributed by atoms with Gasteiger partial charge in [0.25, 0.3) is 0 Å². The van der Waals surface area contributed by atoms with E-state index in [0.29, 0.717) is 13.2 Å². The van der Waals surface area contributed by atoms with Crippen molar-refractivity contribution in [3.05, 3.63) is 71.8 Å². The summed E-state index contributed by atoms with van der Waals surface area (Å²) in [7, 11) is 0. The highest BCUT2D eigenvalue weighted by atomic mass is 16.6. The van der Waals surface area contributed by atoms with E-state index in [9.17, 15) is 4.79 Å². The molecule has 0 unspecified atom stereocenters. The number of carbonyl (C=O) groups is 1. The summed E-state index contributed by atoms with van der Waals surface area (Å²) >= 11 is 0. The molecule has 0 aromatic heterocycles. The molecule has 162 valence electrons. The number of benzene rings is 2. The molecule has 1 saturated heterocycles. The topological polar surface area (TPSA) is 42.0 Å². The highest BCUT2D eigenvalue weighted by Crippen LogP contribution is 2.35. The SMILES string of the molecule is CC1(C)COC(C)(C)N1C(=O)OCCCN(Cc1ccccc1)Cc1ccccc1. The maximum Gasteiger partial charge on any atom is 0.412 e. The third-order valence-corrected chi connectivity index (χ3v) is 5.45. The van der Waals surface area contributed by atoms with Crippen LogP contribution < -0.4 is 0 Å². The maximum absolute atomic E-state index is 12.7. The van der Waals surface area contributed by atoms with Crippen molar-refractivity contribution in [1.82, 2.24) is 9.80 Å². The molecule has 0 bridgehead atoms. The molecule has 2 aromatic rings. The van der Waals surface area contributed by atoms with Gasteiger partial charge in [-0.2, -0.15) is 0 Å². The molecule has 3 rings (SSSR count). The van der Waals surface area contributed by atoms with Crippen molar-refractivity contribution in [3.8, 4) is 0 Å². The van der Waals surface area contributed by atoms with E-state index >= 15 is 0 Å². The second-order valence-corrected chi connectivity index (χ2v) is 9.03. The van der Waals surface area contributed by atoms with Crippen LogP contribution in [-0.2, 0) is 22.6 Å². The monoisotopic (exact) mass is 410 g/mol. The lowest BCUT2D eigenvalue weighted by molar-refractivity contribution is -0.0520. The lowest BCUT2D eigenvalue weighted by Crippen LogP contribution is -2.52. The van der Waals surface area contributed by atoms with Gasteiger partial charge in [0.05, 0.1) is 18.8 Å². The Hall–Kier alpha value is -2.37. The fraction of sp³-hybridized carbons (Fsp3) is 0.480. The Morgan fingerprint density at radius 2 is 1.50 bits per heavy atom. The first-order valence-corrected chi connectivity index (χ1v) is 10.7. The number of amides is 1. The summed E-state index contributed by atoms with van der Waals surface area (Å²) in [5.74, 6) is 0. The highest BCUT2D eigenvalue weighted by Gasteiger charge is 2.49. The minimum atomic E-state index is -0.646. The molecule has 2 aromatic carbocycles. The number of hydrogen-bond acceptors (Lipinski definition) is 4. The minimum Gasteiger partial charge on any atom is -0.449 e. The van der Waals surface area contributed by atoms with Gasteiger partial charge in [0.1, 0.15) is 5.72 Å². The molecule has 5 nitrogen and oxygen atoms in total. The quantitative estimate of drug-likeness (QED) is 0.570. The van der Waals surface area contributed by atoms with Gasteiger partial charge >= 0.3 is 6.09 Å². The van der Waals surface area contributed by atoms with Crippen molar-refractivity contribution >= 4 is 6.09 Å². The molecule has 5 heteroatoms. The van der Waals surface area contributed by atoms with Crippen LogP contribution in [0.25, 0.3) is 0 Å². The van der Waals surface area contributed by atoms with Crippen LogP contribution in [0.1, 0.15) is 45.2 Å². The van der Waals surface area contributed by atoms with Crippen LogP contribution in [0.15, 0.2) is 60.7 Å². The molecule has 0 saturated carbocycles. The second-order valence-electron chi connectivity index (χ2n) is 9.03. The van der Waals surface area contributed by atoms with Crippen molar-refractivity contribution in [2.45, 2.75) is 58.5 Å². The molecule has 1 heterocycles. The summed E-state index contributed by atoms with van der Waals surface area (Å²) in [5, 5.41) is 0. The van der Waals surface area contributed by atoms with Crippen LogP contribution in [0, 0.1) is 0 Å². The number of carbonyl (C=O) groups excluding carboxylic acids is 1. The van der Waals surface area contributed by atoms with E-state index < -0.39 is 5.72 Å². The molecule has 1 amide bonds. The maximum atomic E-state index is 12.7. The standard InChI is InChI=1S/C25H34N2O3/c1-24(2)20-30-25(3,4)27(24)23(28)29-17-11-16-26(18-21-12-7-5-8-13-21)19-22-14-9-6-10-15-22/h5-10,12-15H,11,16-20H2,1-4H3. The second kappa shape index (κ2) is 9.63. The summed E-state index contributed by atoms with van der Waals surface area (Å²) in [6.45, 7) is 11.3. The Morgan fingerprint density at radius 3 is 1.97 bits per heavy atom. The van der Waals surface area contributed by atoms with Crippen LogP contribution in [0.5, 0.6) is 0 Å². The molecule has 0 radical (unpaired) electrons. The molecule has 0 aliphatic carbocycles. The molecule has 1 aliphatic rings. The lowest BCUT2D eigenvalue weighted by atomic mass is 10.0. The number of rotatable bonds is 8. The van der Waals surface area contributed by atoms with E-state index in [1.807, 2.05) is 39.8 Å². The van der Waals surface area contributed by atoms with Crippen LogP contribution in [0.4, 0.5) is 4.79 Å². The van der Waals surface area contributed by atoms with E-state index in [4.69, 9.17) is 9.47 Å². The third kappa shape index (κ3) is 5.83. The van der Waals surface area contributed by atoms with Gasteiger partial charge in [0.2, 0.25) is 0 Å². The van der Waals surface area contributed by atoms with Crippen molar-refractivity contribution in [1.29, 1.82) is 0 Å². The lowest BCUT2D eigenvalue weighted by Gasteiger charge is -2.36. The zero-order valence-corrected chi connectivity index (χ0v) is 18.6. The smallest absolute Gasteiger partial charge is 0.412 e. The average molecular weight is 411 g/mol. The van der Waals surface area contributed by atoms with Gasteiger partial charge < -0.3 is 9.47 Å². The first kappa shape index (κ1) is 22.3.